The number of nitrogens with zero attached hydrogens (tertiary/aromatic N) is 1. The molecule has 0 aliphatic rings. The second-order valence-electron chi connectivity index (χ2n) is 4.01. The van der Waals surface area contributed by atoms with Gasteiger partial charge in [-0.25, -0.2) is 8.78 Å². The standard InChI is InChI=1S/C12H13ClF5NO/c13-5-6-19(8-11(14)15)7-9-1-3-10(4-2-9)20-12(16,17)18/h1-4,11H,5-8H2. The first-order chi connectivity index (χ1) is 9.30. The van der Waals surface area contributed by atoms with Crippen molar-refractivity contribution in [2.45, 2.75) is 19.3 Å². The van der Waals surface area contributed by atoms with Gasteiger partial charge in [-0.3, -0.25) is 4.90 Å². The topological polar surface area (TPSA) is 12.5 Å². The maximum atomic E-state index is 12.3. The minimum absolute atomic E-state index is 0.184. The zero-order valence-corrected chi connectivity index (χ0v) is 11.1. The van der Waals surface area contributed by atoms with Crippen molar-refractivity contribution in [3.05, 3.63) is 29.8 Å². The number of benzene rings is 1. The Hall–Kier alpha value is -1.08. The van der Waals surface area contributed by atoms with Crippen LogP contribution < -0.4 is 4.74 Å². The summed E-state index contributed by atoms with van der Waals surface area (Å²) in [5, 5.41) is 0. The molecule has 0 radical (unpaired) electrons. The summed E-state index contributed by atoms with van der Waals surface area (Å²) in [4.78, 5) is 1.43. The summed E-state index contributed by atoms with van der Waals surface area (Å²) in [5.74, 6) is -0.152. The number of hydrogen-bond acceptors (Lipinski definition) is 2. The van der Waals surface area contributed by atoms with E-state index in [1.165, 1.54) is 17.0 Å². The SMILES string of the molecule is FC(F)CN(CCCl)Cc1ccc(OC(F)(F)F)cc1. The molecule has 0 N–H and O–H groups in total. The quantitative estimate of drug-likeness (QED) is 0.559. The van der Waals surface area contributed by atoms with Crippen LogP contribution in [0.4, 0.5) is 22.0 Å². The Bertz CT molecular complexity index is 396. The van der Waals surface area contributed by atoms with Crippen LogP contribution in [-0.2, 0) is 6.54 Å². The summed E-state index contributed by atoms with van der Waals surface area (Å²) in [7, 11) is 0. The van der Waals surface area contributed by atoms with Crippen LogP contribution in [0, 0.1) is 0 Å². The lowest BCUT2D eigenvalue weighted by Crippen LogP contribution is -2.30. The molecule has 0 aliphatic carbocycles. The summed E-state index contributed by atoms with van der Waals surface area (Å²) < 4.78 is 64.3. The van der Waals surface area contributed by atoms with Gasteiger partial charge in [-0.1, -0.05) is 12.1 Å². The summed E-state index contributed by atoms with van der Waals surface area (Å²) in [6, 6.07) is 5.08. The zero-order valence-electron chi connectivity index (χ0n) is 10.3. The van der Waals surface area contributed by atoms with Crippen molar-refractivity contribution < 1.29 is 26.7 Å². The normalized spacial score (nSPS) is 12.2. The molecule has 8 heteroatoms. The van der Waals surface area contributed by atoms with Gasteiger partial charge in [0, 0.05) is 19.0 Å². The van der Waals surface area contributed by atoms with E-state index in [0.717, 1.165) is 12.1 Å². The van der Waals surface area contributed by atoms with E-state index in [4.69, 9.17) is 11.6 Å². The summed E-state index contributed by atoms with van der Waals surface area (Å²) >= 11 is 5.51. The molecule has 0 spiro atoms. The van der Waals surface area contributed by atoms with Crippen LogP contribution >= 0.6 is 11.6 Å². The third-order valence-electron chi connectivity index (χ3n) is 2.36. The summed E-state index contributed by atoms with van der Waals surface area (Å²) in [5.41, 5.74) is 0.602. The fourth-order valence-corrected chi connectivity index (χ4v) is 1.84. The van der Waals surface area contributed by atoms with Crippen molar-refractivity contribution in [3.63, 3.8) is 0 Å². The number of hydrogen-bond donors (Lipinski definition) is 0. The largest absolute Gasteiger partial charge is 0.573 e. The Kier molecular flexibility index (Phi) is 6.48. The molecule has 0 fully saturated rings. The monoisotopic (exact) mass is 317 g/mol. The van der Waals surface area contributed by atoms with Crippen molar-refractivity contribution >= 4 is 11.6 Å². The van der Waals surface area contributed by atoms with Gasteiger partial charge in [0.2, 0.25) is 0 Å². The fraction of sp³-hybridized carbons (Fsp3) is 0.500. The molecule has 0 bridgehead atoms. The molecule has 0 amide bonds. The Morgan fingerprint density at radius 3 is 2.20 bits per heavy atom. The molecule has 0 saturated heterocycles. The highest BCUT2D eigenvalue weighted by molar-refractivity contribution is 6.18. The van der Waals surface area contributed by atoms with E-state index in [1.807, 2.05) is 0 Å². The Morgan fingerprint density at radius 1 is 1.15 bits per heavy atom. The van der Waals surface area contributed by atoms with Crippen LogP contribution in [0.2, 0.25) is 0 Å². The van der Waals surface area contributed by atoms with Crippen LogP contribution in [-0.4, -0.2) is 36.7 Å². The van der Waals surface area contributed by atoms with Crippen LogP contribution in [0.15, 0.2) is 24.3 Å². The minimum Gasteiger partial charge on any atom is -0.406 e. The Balaban J connectivity index is 2.62. The highest BCUT2D eigenvalue weighted by atomic mass is 35.5. The predicted molar refractivity (Wildman–Crippen MR) is 65.1 cm³/mol. The third-order valence-corrected chi connectivity index (χ3v) is 2.53. The smallest absolute Gasteiger partial charge is 0.406 e. The van der Waals surface area contributed by atoms with Gasteiger partial charge < -0.3 is 4.74 Å². The molecule has 0 atom stereocenters. The molecular formula is C12H13ClF5NO. The molecular weight excluding hydrogens is 305 g/mol. The van der Waals surface area contributed by atoms with E-state index in [-0.39, 0.29) is 24.7 Å². The second-order valence-corrected chi connectivity index (χ2v) is 4.38. The molecule has 0 heterocycles. The first-order valence-electron chi connectivity index (χ1n) is 5.71. The third kappa shape index (κ3) is 6.91. The van der Waals surface area contributed by atoms with E-state index in [2.05, 4.69) is 4.74 Å². The van der Waals surface area contributed by atoms with Gasteiger partial charge in [-0.15, -0.1) is 24.8 Å². The highest BCUT2D eigenvalue weighted by Crippen LogP contribution is 2.23. The number of rotatable bonds is 7. The molecule has 0 aliphatic heterocycles. The molecule has 0 unspecified atom stereocenters. The predicted octanol–water partition coefficient (Wildman–Crippen LogP) is 3.89. The number of alkyl halides is 6. The lowest BCUT2D eigenvalue weighted by molar-refractivity contribution is -0.274. The van der Waals surface area contributed by atoms with E-state index >= 15 is 0 Å². The van der Waals surface area contributed by atoms with Crippen molar-refractivity contribution in [2.75, 3.05) is 19.0 Å². The van der Waals surface area contributed by atoms with E-state index in [9.17, 15) is 22.0 Å². The van der Waals surface area contributed by atoms with Crippen molar-refractivity contribution in [2.24, 2.45) is 0 Å². The zero-order chi connectivity index (χ0) is 15.2. The van der Waals surface area contributed by atoms with Crippen LogP contribution in [0.3, 0.4) is 0 Å². The fourth-order valence-electron chi connectivity index (χ4n) is 1.60. The van der Waals surface area contributed by atoms with E-state index in [0.29, 0.717) is 5.56 Å². The van der Waals surface area contributed by atoms with Crippen molar-refractivity contribution in [1.29, 1.82) is 0 Å². The molecule has 1 rings (SSSR count). The second kappa shape index (κ2) is 7.64. The van der Waals surface area contributed by atoms with Crippen LogP contribution in [0.25, 0.3) is 0 Å². The number of ether oxygens (including phenoxy) is 1. The maximum Gasteiger partial charge on any atom is 0.573 e. The first-order valence-corrected chi connectivity index (χ1v) is 6.25. The molecule has 0 saturated carbocycles. The number of halogens is 6. The van der Waals surface area contributed by atoms with Gasteiger partial charge in [0.25, 0.3) is 6.43 Å². The Morgan fingerprint density at radius 2 is 1.75 bits per heavy atom. The minimum atomic E-state index is -4.75. The van der Waals surface area contributed by atoms with Gasteiger partial charge in [-0.05, 0) is 17.7 Å². The molecule has 0 aromatic heterocycles. The average molecular weight is 318 g/mol. The summed E-state index contributed by atoms with van der Waals surface area (Å²) in [6.07, 6.45) is -7.24. The average Bonchev–Trinajstić information content (AvgIpc) is 2.29. The van der Waals surface area contributed by atoms with E-state index < -0.39 is 19.3 Å². The van der Waals surface area contributed by atoms with Crippen LogP contribution in [0.5, 0.6) is 5.75 Å². The first kappa shape index (κ1) is 17.0. The van der Waals surface area contributed by atoms with Gasteiger partial charge in [0.15, 0.2) is 0 Å². The van der Waals surface area contributed by atoms with Gasteiger partial charge in [0.05, 0.1) is 6.54 Å². The van der Waals surface area contributed by atoms with Crippen molar-refractivity contribution in [3.8, 4) is 5.75 Å². The van der Waals surface area contributed by atoms with Gasteiger partial charge in [0.1, 0.15) is 5.75 Å². The van der Waals surface area contributed by atoms with Crippen LogP contribution in [0.1, 0.15) is 5.56 Å². The molecule has 1 aromatic carbocycles. The molecule has 2 nitrogen and oxygen atoms in total. The highest BCUT2D eigenvalue weighted by Gasteiger charge is 2.30. The summed E-state index contributed by atoms with van der Waals surface area (Å²) in [6.45, 7) is 0.0174. The van der Waals surface area contributed by atoms with E-state index in [1.54, 1.807) is 0 Å². The lowest BCUT2D eigenvalue weighted by Gasteiger charge is -2.20. The molecule has 1 aromatic rings. The molecule has 20 heavy (non-hydrogen) atoms. The van der Waals surface area contributed by atoms with Gasteiger partial charge in [-0.2, -0.15) is 0 Å². The molecule has 114 valence electrons. The Labute approximate surface area is 118 Å². The lowest BCUT2D eigenvalue weighted by atomic mass is 10.2. The maximum absolute atomic E-state index is 12.3. The van der Waals surface area contributed by atoms with Gasteiger partial charge >= 0.3 is 6.36 Å². The van der Waals surface area contributed by atoms with Crippen molar-refractivity contribution in [1.82, 2.24) is 4.90 Å².